The topological polar surface area (TPSA) is 53.3 Å². The average molecular weight is 391 g/mol. The van der Waals surface area contributed by atoms with Crippen molar-refractivity contribution >= 4 is 11.6 Å². The Morgan fingerprint density at radius 2 is 2.00 bits per heavy atom. The van der Waals surface area contributed by atoms with E-state index in [2.05, 4.69) is 52.7 Å². The van der Waals surface area contributed by atoms with Crippen molar-refractivity contribution < 1.29 is 5.11 Å². The predicted molar refractivity (Wildman–Crippen MR) is 110 cm³/mol. The lowest BCUT2D eigenvalue weighted by Crippen LogP contribution is -2.45. The first kappa shape index (κ1) is 20.3. The molecule has 3 atom stereocenters. The summed E-state index contributed by atoms with van der Waals surface area (Å²) in [6.45, 7) is 10.1. The number of aliphatic hydroxyl groups excluding tert-OH is 1. The first-order valence-corrected chi connectivity index (χ1v) is 10.2. The van der Waals surface area contributed by atoms with E-state index in [-0.39, 0.29) is 18.2 Å². The molecule has 1 saturated heterocycles. The first-order valence-electron chi connectivity index (χ1n) is 9.86. The molecule has 0 aliphatic carbocycles. The molecule has 0 bridgehead atoms. The molecule has 148 valence electrons. The molecule has 1 fully saturated rings. The lowest BCUT2D eigenvalue weighted by atomic mass is 9.90. The largest absolute Gasteiger partial charge is 0.394 e. The Morgan fingerprint density at radius 1 is 1.26 bits per heavy atom. The SMILES string of the molecule is CCN1[C@@H](c2ccc(Cl)cc2)[C@@H](CNCc2nccn2CC)C[C@@]1(C)CO. The van der Waals surface area contributed by atoms with Crippen LogP contribution in [-0.2, 0) is 13.1 Å². The third-order valence-corrected chi connectivity index (χ3v) is 6.15. The zero-order valence-corrected chi connectivity index (χ0v) is 17.3. The molecule has 3 rings (SSSR count). The summed E-state index contributed by atoms with van der Waals surface area (Å²) in [5.74, 6) is 1.48. The van der Waals surface area contributed by atoms with Crippen LogP contribution in [0.4, 0.5) is 0 Å². The Kier molecular flexibility index (Phi) is 6.58. The van der Waals surface area contributed by atoms with Crippen LogP contribution in [-0.4, -0.2) is 44.8 Å². The lowest BCUT2D eigenvalue weighted by Gasteiger charge is -2.37. The third kappa shape index (κ3) is 4.21. The number of aryl methyl sites for hydroxylation is 1. The minimum Gasteiger partial charge on any atom is -0.394 e. The second-order valence-electron chi connectivity index (χ2n) is 7.66. The number of benzene rings is 1. The second kappa shape index (κ2) is 8.74. The molecule has 27 heavy (non-hydrogen) atoms. The highest BCUT2D eigenvalue weighted by Gasteiger charge is 2.47. The Morgan fingerprint density at radius 3 is 2.63 bits per heavy atom. The first-order chi connectivity index (χ1) is 13.0. The molecule has 1 aromatic heterocycles. The summed E-state index contributed by atoms with van der Waals surface area (Å²) in [5, 5.41) is 14.5. The standard InChI is InChI=1S/C21H31ClN4O/c1-4-25-11-10-24-19(25)14-23-13-17-12-21(3,15-27)26(5-2)20(17)16-6-8-18(22)9-7-16/h6-11,17,20,23,27H,4-5,12-15H2,1-3H3/t17-,20+,21+/m1/s1. The molecular weight excluding hydrogens is 360 g/mol. The van der Waals surface area contributed by atoms with E-state index in [1.807, 2.05) is 24.5 Å². The van der Waals surface area contributed by atoms with Crippen molar-refractivity contribution in [3.8, 4) is 0 Å². The van der Waals surface area contributed by atoms with E-state index < -0.39 is 0 Å². The quantitative estimate of drug-likeness (QED) is 0.724. The van der Waals surface area contributed by atoms with Gasteiger partial charge in [-0.25, -0.2) is 4.98 Å². The van der Waals surface area contributed by atoms with E-state index in [9.17, 15) is 5.11 Å². The van der Waals surface area contributed by atoms with Gasteiger partial charge in [-0.15, -0.1) is 0 Å². The number of imidazole rings is 1. The molecule has 5 nitrogen and oxygen atoms in total. The van der Waals surface area contributed by atoms with Crippen LogP contribution in [0.1, 0.15) is 44.6 Å². The minimum absolute atomic E-state index is 0.168. The molecular formula is C21H31ClN4O. The summed E-state index contributed by atoms with van der Waals surface area (Å²) in [6, 6.07) is 8.43. The van der Waals surface area contributed by atoms with Crippen molar-refractivity contribution in [2.75, 3.05) is 19.7 Å². The van der Waals surface area contributed by atoms with Gasteiger partial charge in [0.1, 0.15) is 5.82 Å². The molecule has 1 aliphatic heterocycles. The molecule has 0 radical (unpaired) electrons. The van der Waals surface area contributed by atoms with E-state index in [1.54, 1.807) is 0 Å². The van der Waals surface area contributed by atoms with E-state index in [0.717, 1.165) is 43.4 Å². The Bertz CT molecular complexity index is 732. The zero-order valence-electron chi connectivity index (χ0n) is 16.5. The zero-order chi connectivity index (χ0) is 19.4. The molecule has 2 N–H and O–H groups in total. The average Bonchev–Trinajstić information content (AvgIpc) is 3.24. The number of nitrogens with zero attached hydrogens (tertiary/aromatic N) is 3. The van der Waals surface area contributed by atoms with Crippen LogP contribution in [0.2, 0.25) is 5.02 Å². The molecule has 1 aliphatic rings. The van der Waals surface area contributed by atoms with Crippen molar-refractivity contribution in [3.63, 3.8) is 0 Å². The Labute approximate surface area is 167 Å². The third-order valence-electron chi connectivity index (χ3n) is 5.90. The Balaban J connectivity index is 1.77. The minimum atomic E-state index is -0.201. The van der Waals surface area contributed by atoms with Crippen molar-refractivity contribution in [2.24, 2.45) is 5.92 Å². The van der Waals surface area contributed by atoms with Gasteiger partial charge >= 0.3 is 0 Å². The van der Waals surface area contributed by atoms with Crippen LogP contribution in [0, 0.1) is 5.92 Å². The number of nitrogens with one attached hydrogen (secondary N) is 1. The summed E-state index contributed by atoms with van der Waals surface area (Å²) in [5.41, 5.74) is 1.06. The van der Waals surface area contributed by atoms with Crippen molar-refractivity contribution in [1.82, 2.24) is 19.8 Å². The highest BCUT2D eigenvalue weighted by atomic mass is 35.5. The summed E-state index contributed by atoms with van der Waals surface area (Å²) in [6.07, 6.45) is 4.83. The van der Waals surface area contributed by atoms with Gasteiger partial charge in [0.2, 0.25) is 0 Å². The highest BCUT2D eigenvalue weighted by molar-refractivity contribution is 6.30. The number of rotatable bonds is 8. The normalized spacial score (nSPS) is 26.0. The number of aliphatic hydroxyl groups is 1. The number of halogens is 1. The van der Waals surface area contributed by atoms with Gasteiger partial charge in [0.25, 0.3) is 0 Å². The van der Waals surface area contributed by atoms with E-state index in [4.69, 9.17) is 11.6 Å². The maximum Gasteiger partial charge on any atom is 0.122 e. The molecule has 1 aromatic carbocycles. The van der Waals surface area contributed by atoms with Crippen LogP contribution in [0.5, 0.6) is 0 Å². The van der Waals surface area contributed by atoms with E-state index in [1.165, 1.54) is 5.56 Å². The summed E-state index contributed by atoms with van der Waals surface area (Å²) >= 11 is 6.10. The summed E-state index contributed by atoms with van der Waals surface area (Å²) < 4.78 is 2.16. The van der Waals surface area contributed by atoms with Gasteiger partial charge in [-0.1, -0.05) is 30.7 Å². The number of aromatic nitrogens is 2. The van der Waals surface area contributed by atoms with Crippen molar-refractivity contribution in [3.05, 3.63) is 53.1 Å². The van der Waals surface area contributed by atoms with Gasteiger partial charge in [-0.05, 0) is 50.4 Å². The molecule has 0 unspecified atom stereocenters. The van der Waals surface area contributed by atoms with Crippen LogP contribution < -0.4 is 5.32 Å². The number of hydrogen-bond acceptors (Lipinski definition) is 4. The molecule has 2 aromatic rings. The number of likely N-dealkylation sites (N-methyl/N-ethyl adjacent to an activating group) is 1. The van der Waals surface area contributed by atoms with Crippen LogP contribution >= 0.6 is 11.6 Å². The fraction of sp³-hybridized carbons (Fsp3) is 0.571. The molecule has 0 spiro atoms. The van der Waals surface area contributed by atoms with Crippen LogP contribution in [0.15, 0.2) is 36.7 Å². The van der Waals surface area contributed by atoms with Gasteiger partial charge in [0.15, 0.2) is 0 Å². The summed E-state index contributed by atoms with van der Waals surface area (Å²) in [7, 11) is 0. The maximum atomic E-state index is 10.1. The second-order valence-corrected chi connectivity index (χ2v) is 8.10. The molecule has 2 heterocycles. The van der Waals surface area contributed by atoms with Crippen molar-refractivity contribution in [2.45, 2.75) is 51.9 Å². The van der Waals surface area contributed by atoms with Gasteiger partial charge in [-0.3, -0.25) is 4.90 Å². The molecule has 6 heteroatoms. The molecule has 0 amide bonds. The predicted octanol–water partition coefficient (Wildman–Crippen LogP) is 3.48. The number of hydrogen-bond donors (Lipinski definition) is 2. The van der Waals surface area contributed by atoms with E-state index >= 15 is 0 Å². The Hall–Kier alpha value is -1.40. The molecule has 0 saturated carbocycles. The van der Waals surface area contributed by atoms with Gasteiger partial charge in [-0.2, -0.15) is 0 Å². The maximum absolute atomic E-state index is 10.1. The van der Waals surface area contributed by atoms with Crippen LogP contribution in [0.25, 0.3) is 0 Å². The number of likely N-dealkylation sites (tertiary alicyclic amines) is 1. The van der Waals surface area contributed by atoms with E-state index in [0.29, 0.717) is 5.92 Å². The van der Waals surface area contributed by atoms with Crippen LogP contribution in [0.3, 0.4) is 0 Å². The van der Waals surface area contributed by atoms with Gasteiger partial charge in [0, 0.05) is 42.1 Å². The summed E-state index contributed by atoms with van der Waals surface area (Å²) in [4.78, 5) is 6.89. The fourth-order valence-corrected chi connectivity index (χ4v) is 4.70. The van der Waals surface area contributed by atoms with Crippen molar-refractivity contribution in [1.29, 1.82) is 0 Å². The smallest absolute Gasteiger partial charge is 0.122 e. The monoisotopic (exact) mass is 390 g/mol. The van der Waals surface area contributed by atoms with Gasteiger partial charge < -0.3 is 15.0 Å². The van der Waals surface area contributed by atoms with Gasteiger partial charge in [0.05, 0.1) is 13.2 Å². The highest BCUT2D eigenvalue weighted by Crippen LogP contribution is 2.46. The fourth-order valence-electron chi connectivity index (χ4n) is 4.58. The lowest BCUT2D eigenvalue weighted by molar-refractivity contribution is 0.0579.